The lowest BCUT2D eigenvalue weighted by molar-refractivity contribution is -0.164. The second-order valence-corrected chi connectivity index (χ2v) is 14.6. The van der Waals surface area contributed by atoms with Crippen molar-refractivity contribution < 1.29 is 21.1 Å². The average Bonchev–Trinajstić information content (AvgIpc) is 3.10. The molecule has 1 amide bonds. The number of amides is 1. The Morgan fingerprint density at radius 1 is 1.12 bits per heavy atom. The van der Waals surface area contributed by atoms with E-state index in [2.05, 4.69) is 26.1 Å². The minimum Gasteiger partial charge on any atom is -0.393 e. The number of fused-ring (bicyclic) bond motifs is 5. The Morgan fingerprint density at radius 3 is 2.58 bits per heavy atom. The second kappa shape index (κ2) is 9.44. The predicted octanol–water partition coefficient (Wildman–Crippen LogP) is 4.58. The predicted molar refractivity (Wildman–Crippen MR) is 132 cm³/mol. The molecular weight excluding hydrogens is 434 g/mol. The van der Waals surface area contributed by atoms with Crippen LogP contribution in [0, 0.1) is 46.3 Å². The third kappa shape index (κ3) is 4.90. The van der Waals surface area contributed by atoms with E-state index in [0.29, 0.717) is 30.6 Å². The van der Waals surface area contributed by atoms with Crippen molar-refractivity contribution in [3.8, 4) is 0 Å². The Kier molecular flexibility index (Phi) is 6.53. The summed E-state index contributed by atoms with van der Waals surface area (Å²) >= 11 is 0. The van der Waals surface area contributed by atoms with Crippen LogP contribution in [-0.2, 0) is 14.6 Å². The monoisotopic (exact) mass is 483 g/mol. The van der Waals surface area contributed by atoms with Crippen LogP contribution in [0.15, 0.2) is 0 Å². The molecule has 0 bridgehead atoms. The smallest absolute Gasteiger partial charge is 0.220 e. The van der Waals surface area contributed by atoms with Crippen molar-refractivity contribution in [2.24, 2.45) is 46.3 Å². The number of sulfone groups is 1. The van der Waals surface area contributed by atoms with Gasteiger partial charge in [-0.25, -0.2) is 8.42 Å². The summed E-state index contributed by atoms with van der Waals surface area (Å²) in [5, 5.41) is 14.3. The van der Waals surface area contributed by atoms with E-state index < -0.39 is 21.8 Å². The summed E-state index contributed by atoms with van der Waals surface area (Å²) in [6.45, 7) is 7.02. The maximum atomic E-state index is 12.3. The number of aliphatic hydroxyl groups is 1. The highest BCUT2D eigenvalue weighted by atomic mass is 32.2. The lowest BCUT2D eigenvalue weighted by Crippen LogP contribution is -2.57. The van der Waals surface area contributed by atoms with Gasteiger partial charge in [0.1, 0.15) is 9.84 Å². The molecule has 4 rings (SSSR count). The molecule has 5 nitrogen and oxygen atoms in total. The van der Waals surface area contributed by atoms with E-state index in [-0.39, 0.29) is 40.9 Å². The normalized spacial score (nSPS) is 49.1. The largest absolute Gasteiger partial charge is 0.393 e. The van der Waals surface area contributed by atoms with Gasteiger partial charge in [-0.15, -0.1) is 0 Å². The number of hydrogen-bond donors (Lipinski definition) is 2. The number of rotatable bonds is 7. The summed E-state index contributed by atoms with van der Waals surface area (Å²) in [7, 11) is -3.09. The van der Waals surface area contributed by atoms with Crippen LogP contribution in [0.5, 0.6) is 0 Å². The fourth-order valence-electron chi connectivity index (χ4n) is 8.61. The first-order valence-corrected chi connectivity index (χ1v) is 15.4. The fraction of sp³-hybridized carbons (Fsp3) is 0.963. The van der Waals surface area contributed by atoms with Crippen LogP contribution in [0.2, 0.25) is 0 Å². The van der Waals surface area contributed by atoms with E-state index in [1.54, 1.807) is 0 Å². The second-order valence-electron chi connectivity index (χ2n) is 12.4. The lowest BCUT2D eigenvalue weighted by atomic mass is 9.44. The van der Waals surface area contributed by atoms with Crippen molar-refractivity contribution in [2.75, 3.05) is 18.6 Å². The summed E-state index contributed by atoms with van der Waals surface area (Å²) in [6, 6.07) is 0. The number of carbonyl (C=O) groups excluding carboxylic acids is 1. The Balaban J connectivity index is 1.47. The molecule has 3 unspecified atom stereocenters. The Labute approximate surface area is 204 Å². The highest BCUT2D eigenvalue weighted by Gasteiger charge is 2.62. The number of hydrogen-bond acceptors (Lipinski definition) is 4. The van der Waals surface area contributed by atoms with Crippen LogP contribution in [0.1, 0.15) is 94.1 Å². The highest BCUT2D eigenvalue weighted by molar-refractivity contribution is 7.90. The van der Waals surface area contributed by atoms with Crippen LogP contribution in [-0.4, -0.2) is 44.1 Å². The van der Waals surface area contributed by atoms with Gasteiger partial charge in [-0.05, 0) is 97.7 Å². The van der Waals surface area contributed by atoms with Crippen molar-refractivity contribution in [1.82, 2.24) is 5.32 Å². The first-order chi connectivity index (χ1) is 16.2. The van der Waals surface area contributed by atoms with E-state index >= 15 is 0 Å². The SMILES string of the molecule is [2H][C@]12C3CCC(C(C)CCC(=O)NCCS(C)(=O)=O)[C@@]3(C)CC[C@@H]1[C@@]1(C)CCCC[C@H]1C[C@@]2([2H])O. The Bertz CT molecular complexity index is 926. The van der Waals surface area contributed by atoms with Crippen LogP contribution < -0.4 is 5.32 Å². The van der Waals surface area contributed by atoms with E-state index in [9.17, 15) is 19.7 Å². The van der Waals surface area contributed by atoms with Gasteiger partial charge < -0.3 is 10.4 Å². The molecule has 0 aromatic carbocycles. The topological polar surface area (TPSA) is 83.5 Å². The van der Waals surface area contributed by atoms with Crippen LogP contribution >= 0.6 is 0 Å². The first kappa shape index (κ1) is 22.8. The van der Waals surface area contributed by atoms with Crippen molar-refractivity contribution in [1.29, 1.82) is 0 Å². The molecule has 0 heterocycles. The molecule has 4 fully saturated rings. The molecule has 4 aliphatic rings. The third-order valence-corrected chi connectivity index (χ3v) is 11.4. The van der Waals surface area contributed by atoms with Crippen molar-refractivity contribution >= 4 is 15.7 Å². The molecule has 0 aromatic heterocycles. The van der Waals surface area contributed by atoms with E-state index in [4.69, 9.17) is 1.37 Å². The van der Waals surface area contributed by atoms with Crippen LogP contribution in [0.4, 0.5) is 0 Å². The molecular formula is C27H47NO4S. The summed E-state index contributed by atoms with van der Waals surface area (Å²) in [6.07, 6.45) is 9.41. The van der Waals surface area contributed by atoms with Gasteiger partial charge in [0.25, 0.3) is 0 Å². The summed E-state index contributed by atoms with van der Waals surface area (Å²) in [5.74, 6) is -0.192. The Morgan fingerprint density at radius 2 is 1.85 bits per heavy atom. The molecule has 190 valence electrons. The molecule has 0 saturated heterocycles. The molecule has 4 aliphatic carbocycles. The lowest BCUT2D eigenvalue weighted by Gasteiger charge is -2.62. The molecule has 2 N–H and O–H groups in total. The van der Waals surface area contributed by atoms with Gasteiger partial charge in [-0.1, -0.05) is 33.6 Å². The van der Waals surface area contributed by atoms with Crippen LogP contribution in [0.25, 0.3) is 0 Å². The molecule has 33 heavy (non-hydrogen) atoms. The quantitative estimate of drug-likeness (QED) is 0.555. The average molecular weight is 484 g/mol. The maximum Gasteiger partial charge on any atom is 0.220 e. The van der Waals surface area contributed by atoms with Gasteiger partial charge in [-0.3, -0.25) is 4.79 Å². The molecule has 9 atom stereocenters. The highest BCUT2D eigenvalue weighted by Crippen LogP contribution is 2.68. The zero-order valence-electron chi connectivity index (χ0n) is 23.2. The summed E-state index contributed by atoms with van der Waals surface area (Å²) in [5.41, 5.74) is -0.0420. The van der Waals surface area contributed by atoms with Gasteiger partial charge >= 0.3 is 0 Å². The Hall–Kier alpha value is -0.620. The zero-order valence-corrected chi connectivity index (χ0v) is 22.0. The van der Waals surface area contributed by atoms with Gasteiger partial charge in [0.05, 0.1) is 13.2 Å². The van der Waals surface area contributed by atoms with E-state index in [1.165, 1.54) is 19.1 Å². The first-order valence-electron chi connectivity index (χ1n) is 14.3. The summed E-state index contributed by atoms with van der Waals surface area (Å²) in [4.78, 5) is 12.3. The zero-order chi connectivity index (χ0) is 25.9. The van der Waals surface area contributed by atoms with Crippen molar-refractivity contribution in [3.63, 3.8) is 0 Å². The van der Waals surface area contributed by atoms with Gasteiger partial charge in [0.15, 0.2) is 0 Å². The molecule has 0 aromatic rings. The fourth-order valence-corrected chi connectivity index (χ4v) is 9.08. The van der Waals surface area contributed by atoms with E-state index in [0.717, 1.165) is 44.9 Å². The van der Waals surface area contributed by atoms with Gasteiger partial charge in [0.2, 0.25) is 5.91 Å². The minimum atomic E-state index is -3.09. The molecule has 4 saturated carbocycles. The van der Waals surface area contributed by atoms with Gasteiger partial charge in [-0.2, -0.15) is 0 Å². The standard InChI is InChI=1S/C27H47NO4S/c1-18(8-11-24(30)28-15-16-33(4,31)32)20-9-10-21-25-22(12-14-27(20,21)3)26(2)13-6-5-7-19(26)17-23(25)29/h18-23,25,29H,5-17H2,1-4H3,(H,28,30)/t18?,19-,20?,21?,22-,23+,25-,26-,27+/m0/s1/i23D,25D. The van der Waals surface area contributed by atoms with Crippen molar-refractivity contribution in [3.05, 3.63) is 0 Å². The summed E-state index contributed by atoms with van der Waals surface area (Å²) < 4.78 is 41.5. The molecule has 0 spiro atoms. The number of carbonyl (C=O) groups is 1. The molecule has 0 radical (unpaired) electrons. The third-order valence-electron chi connectivity index (χ3n) is 10.5. The maximum absolute atomic E-state index is 12.3. The molecule has 6 heteroatoms. The minimum absolute atomic E-state index is 0.00647. The number of nitrogens with one attached hydrogen (secondary N) is 1. The van der Waals surface area contributed by atoms with E-state index in [1.807, 2.05) is 0 Å². The molecule has 0 aliphatic heterocycles. The van der Waals surface area contributed by atoms with Gasteiger partial charge in [0, 0.05) is 20.6 Å². The van der Waals surface area contributed by atoms with Crippen LogP contribution in [0.3, 0.4) is 0 Å². The van der Waals surface area contributed by atoms with Crippen molar-refractivity contribution in [2.45, 2.75) is 97.5 Å².